The van der Waals surface area contributed by atoms with Crippen molar-refractivity contribution in [3.8, 4) is 11.4 Å². The van der Waals surface area contributed by atoms with Gasteiger partial charge in [0.1, 0.15) is 5.82 Å². The van der Waals surface area contributed by atoms with Crippen LogP contribution in [-0.2, 0) is 27.2 Å². The van der Waals surface area contributed by atoms with Crippen LogP contribution in [0.2, 0.25) is 0 Å². The van der Waals surface area contributed by atoms with Gasteiger partial charge in [0.15, 0.2) is 22.1 Å². The van der Waals surface area contributed by atoms with Crippen LogP contribution in [0.1, 0.15) is 6.42 Å². The molecule has 11 heteroatoms. The molecular formula is C21H22FN7O2S. The van der Waals surface area contributed by atoms with Crippen molar-refractivity contribution in [2.24, 2.45) is 14.1 Å². The minimum Gasteiger partial charge on any atom is -0.328 e. The van der Waals surface area contributed by atoms with Crippen LogP contribution in [0.5, 0.6) is 0 Å². The van der Waals surface area contributed by atoms with Crippen LogP contribution in [-0.4, -0.2) is 39.2 Å². The van der Waals surface area contributed by atoms with Crippen LogP contribution in [0.15, 0.2) is 58.0 Å². The lowest BCUT2D eigenvalue weighted by molar-refractivity contribution is 0.593. The van der Waals surface area contributed by atoms with Crippen molar-refractivity contribution < 1.29 is 4.39 Å². The van der Waals surface area contributed by atoms with Gasteiger partial charge in [0.25, 0.3) is 5.56 Å². The van der Waals surface area contributed by atoms with Gasteiger partial charge in [-0.25, -0.2) is 14.2 Å². The SMILES string of the molecule is C=CCn1c(SCCCn2c(=O)c3c(ncn3C)n(C)c2=O)nnc1-c1ccccc1F. The third kappa shape index (κ3) is 3.79. The first-order valence-electron chi connectivity index (χ1n) is 9.96. The second kappa shape index (κ2) is 8.95. The predicted octanol–water partition coefficient (Wildman–Crippen LogP) is 2.20. The summed E-state index contributed by atoms with van der Waals surface area (Å²) in [7, 11) is 3.32. The van der Waals surface area contributed by atoms with Crippen LogP contribution in [0.3, 0.4) is 0 Å². The molecule has 0 saturated carbocycles. The van der Waals surface area contributed by atoms with Crippen molar-refractivity contribution in [3.05, 3.63) is 69.9 Å². The van der Waals surface area contributed by atoms with E-state index in [1.165, 1.54) is 33.3 Å². The number of allylic oxidation sites excluding steroid dienone is 1. The molecule has 9 nitrogen and oxygen atoms in total. The summed E-state index contributed by atoms with van der Waals surface area (Å²) < 4.78 is 20.3. The summed E-state index contributed by atoms with van der Waals surface area (Å²) in [6, 6.07) is 6.41. The molecule has 0 amide bonds. The van der Waals surface area contributed by atoms with Gasteiger partial charge in [-0.2, -0.15) is 0 Å². The Labute approximate surface area is 186 Å². The van der Waals surface area contributed by atoms with Crippen molar-refractivity contribution in [2.45, 2.75) is 24.7 Å². The van der Waals surface area contributed by atoms with Crippen molar-refractivity contribution in [2.75, 3.05) is 5.75 Å². The van der Waals surface area contributed by atoms with E-state index < -0.39 is 5.69 Å². The number of thioether (sulfide) groups is 1. The third-order valence-electron chi connectivity index (χ3n) is 5.10. The molecule has 0 spiro atoms. The van der Waals surface area contributed by atoms with E-state index in [4.69, 9.17) is 0 Å². The fourth-order valence-corrected chi connectivity index (χ4v) is 4.38. The van der Waals surface area contributed by atoms with Gasteiger partial charge in [-0.1, -0.05) is 30.0 Å². The van der Waals surface area contributed by atoms with Crippen molar-refractivity contribution >= 4 is 22.9 Å². The molecule has 0 aliphatic rings. The number of hydrogen-bond donors (Lipinski definition) is 0. The molecular weight excluding hydrogens is 433 g/mol. The van der Waals surface area contributed by atoms with Crippen LogP contribution in [0.4, 0.5) is 4.39 Å². The van der Waals surface area contributed by atoms with E-state index in [1.807, 2.05) is 0 Å². The monoisotopic (exact) mass is 455 g/mol. The summed E-state index contributed by atoms with van der Waals surface area (Å²) in [6.45, 7) is 4.45. The molecule has 0 aliphatic heterocycles. The lowest BCUT2D eigenvalue weighted by Gasteiger charge is -2.10. The number of benzene rings is 1. The van der Waals surface area contributed by atoms with Gasteiger partial charge in [0, 0.05) is 32.9 Å². The Bertz CT molecular complexity index is 1420. The predicted molar refractivity (Wildman–Crippen MR) is 121 cm³/mol. The first kappa shape index (κ1) is 21.8. The molecule has 1 aromatic carbocycles. The lowest BCUT2D eigenvalue weighted by atomic mass is 10.2. The molecule has 166 valence electrons. The molecule has 0 fully saturated rings. The minimum absolute atomic E-state index is 0.259. The zero-order valence-corrected chi connectivity index (χ0v) is 18.5. The highest BCUT2D eigenvalue weighted by Gasteiger charge is 2.17. The minimum atomic E-state index is -0.400. The Morgan fingerprint density at radius 2 is 1.94 bits per heavy atom. The Morgan fingerprint density at radius 3 is 2.69 bits per heavy atom. The maximum absolute atomic E-state index is 14.2. The summed E-state index contributed by atoms with van der Waals surface area (Å²) in [5.41, 5.74) is 0.368. The number of aryl methyl sites for hydroxylation is 2. The Morgan fingerprint density at radius 1 is 1.16 bits per heavy atom. The van der Waals surface area contributed by atoms with Crippen molar-refractivity contribution in [3.63, 3.8) is 0 Å². The number of rotatable bonds is 8. The quantitative estimate of drug-likeness (QED) is 0.230. The van der Waals surface area contributed by atoms with Crippen molar-refractivity contribution in [1.82, 2.24) is 33.4 Å². The summed E-state index contributed by atoms with van der Waals surface area (Å²) in [6.07, 6.45) is 3.77. The fourth-order valence-electron chi connectivity index (χ4n) is 3.51. The number of hydrogen-bond acceptors (Lipinski definition) is 6. The molecule has 4 aromatic rings. The average Bonchev–Trinajstić information content (AvgIpc) is 3.36. The van der Waals surface area contributed by atoms with E-state index in [2.05, 4.69) is 21.8 Å². The Balaban J connectivity index is 1.52. The number of fused-ring (bicyclic) bond motifs is 1. The number of halogens is 1. The number of aromatic nitrogens is 7. The first-order valence-corrected chi connectivity index (χ1v) is 10.9. The van der Waals surface area contributed by atoms with Gasteiger partial charge in [0.2, 0.25) is 0 Å². The van der Waals surface area contributed by atoms with Gasteiger partial charge >= 0.3 is 5.69 Å². The van der Waals surface area contributed by atoms with Gasteiger partial charge in [-0.3, -0.25) is 18.5 Å². The summed E-state index contributed by atoms with van der Waals surface area (Å²) in [4.78, 5) is 29.5. The second-order valence-electron chi connectivity index (χ2n) is 7.21. The molecule has 0 radical (unpaired) electrons. The van der Waals surface area contributed by atoms with E-state index >= 15 is 0 Å². The van der Waals surface area contributed by atoms with Crippen LogP contribution in [0, 0.1) is 5.82 Å². The van der Waals surface area contributed by atoms with E-state index in [-0.39, 0.29) is 17.9 Å². The molecule has 3 heterocycles. The average molecular weight is 456 g/mol. The standard InChI is InChI=1S/C21H22FN7O2S/c1-4-10-28-17(14-8-5-6-9-15(14)22)24-25-20(28)32-12-7-11-29-19(30)16-18(23-13-26(16)2)27(3)21(29)31/h4-6,8-9,13H,1,7,10-12H2,2-3H3. The first-order chi connectivity index (χ1) is 15.4. The molecule has 0 unspecified atom stereocenters. The summed E-state index contributed by atoms with van der Waals surface area (Å²) >= 11 is 1.43. The summed E-state index contributed by atoms with van der Waals surface area (Å²) in [5, 5.41) is 8.99. The smallest absolute Gasteiger partial charge is 0.328 e. The van der Waals surface area contributed by atoms with E-state index in [0.29, 0.717) is 46.4 Å². The summed E-state index contributed by atoms with van der Waals surface area (Å²) in [5.74, 6) is 0.644. The molecule has 0 saturated heterocycles. The van der Waals surface area contributed by atoms with Crippen LogP contribution < -0.4 is 11.2 Å². The highest BCUT2D eigenvalue weighted by molar-refractivity contribution is 7.99. The van der Waals surface area contributed by atoms with Gasteiger partial charge < -0.3 is 4.57 Å². The van der Waals surface area contributed by atoms with E-state index in [9.17, 15) is 14.0 Å². The zero-order chi connectivity index (χ0) is 22.8. The highest BCUT2D eigenvalue weighted by atomic mass is 32.2. The molecule has 0 atom stereocenters. The normalized spacial score (nSPS) is 11.3. The highest BCUT2D eigenvalue weighted by Crippen LogP contribution is 2.26. The van der Waals surface area contributed by atoms with Crippen molar-refractivity contribution in [1.29, 1.82) is 0 Å². The van der Waals surface area contributed by atoms with E-state index in [0.717, 1.165) is 0 Å². The largest absolute Gasteiger partial charge is 0.332 e. The molecule has 4 rings (SSSR count). The Kier molecular flexibility index (Phi) is 6.08. The molecule has 0 aliphatic carbocycles. The zero-order valence-electron chi connectivity index (χ0n) is 17.7. The topological polar surface area (TPSA) is 92.5 Å². The number of imidazole rings is 1. The molecule has 0 N–H and O–H groups in total. The van der Waals surface area contributed by atoms with Crippen LogP contribution in [0.25, 0.3) is 22.6 Å². The maximum Gasteiger partial charge on any atom is 0.332 e. The van der Waals surface area contributed by atoms with Gasteiger partial charge in [0.05, 0.1) is 11.9 Å². The second-order valence-corrected chi connectivity index (χ2v) is 8.28. The van der Waals surface area contributed by atoms with Gasteiger partial charge in [-0.05, 0) is 18.6 Å². The van der Waals surface area contributed by atoms with Gasteiger partial charge in [-0.15, -0.1) is 16.8 Å². The maximum atomic E-state index is 14.2. The third-order valence-corrected chi connectivity index (χ3v) is 6.15. The molecule has 3 aromatic heterocycles. The van der Waals surface area contributed by atoms with Crippen LogP contribution >= 0.6 is 11.8 Å². The molecule has 0 bridgehead atoms. The fraction of sp³-hybridized carbons (Fsp3) is 0.286. The number of nitrogens with zero attached hydrogens (tertiary/aromatic N) is 7. The molecule has 32 heavy (non-hydrogen) atoms. The lowest BCUT2D eigenvalue weighted by Crippen LogP contribution is -2.39. The Hall–Kier alpha value is -3.47. The van der Waals surface area contributed by atoms with E-state index in [1.54, 1.807) is 47.5 Å².